The lowest BCUT2D eigenvalue weighted by Crippen LogP contribution is -2.35. The maximum atomic E-state index is 13.4. The smallest absolute Gasteiger partial charge is 0.165 e. The topological polar surface area (TPSA) is 41.5 Å². The first-order chi connectivity index (χ1) is 10.2. The summed E-state index contributed by atoms with van der Waals surface area (Å²) in [7, 11) is 0. The van der Waals surface area contributed by atoms with E-state index in [-0.39, 0.29) is 18.2 Å². The molecule has 2 fully saturated rings. The van der Waals surface area contributed by atoms with Gasteiger partial charge in [0.1, 0.15) is 12.7 Å². The molecule has 0 amide bonds. The highest BCUT2D eigenvalue weighted by Gasteiger charge is 2.40. The Bertz CT molecular complexity index is 448. The van der Waals surface area contributed by atoms with E-state index < -0.39 is 6.10 Å². The monoisotopic (exact) mass is 293 g/mol. The molecule has 1 aromatic rings. The number of benzene rings is 1. The Morgan fingerprint density at radius 3 is 2.43 bits per heavy atom. The number of nitrogens with one attached hydrogen (secondary N) is 1. The van der Waals surface area contributed by atoms with Crippen molar-refractivity contribution >= 4 is 0 Å². The third-order valence-electron chi connectivity index (χ3n) is 4.48. The predicted molar refractivity (Wildman–Crippen MR) is 79.7 cm³/mol. The van der Waals surface area contributed by atoms with E-state index >= 15 is 0 Å². The van der Waals surface area contributed by atoms with Crippen molar-refractivity contribution in [2.45, 2.75) is 31.8 Å². The van der Waals surface area contributed by atoms with Gasteiger partial charge in [-0.3, -0.25) is 0 Å². The van der Waals surface area contributed by atoms with Gasteiger partial charge in [-0.05, 0) is 62.1 Å². The van der Waals surface area contributed by atoms with Crippen LogP contribution in [0.15, 0.2) is 24.3 Å². The first-order valence-electron chi connectivity index (χ1n) is 8.00. The van der Waals surface area contributed by atoms with E-state index in [1.54, 1.807) is 18.2 Å². The van der Waals surface area contributed by atoms with Gasteiger partial charge in [-0.25, -0.2) is 4.39 Å². The summed E-state index contributed by atoms with van der Waals surface area (Å²) < 4.78 is 18.7. The second-order valence-corrected chi connectivity index (χ2v) is 6.39. The molecule has 116 valence electrons. The fraction of sp³-hybridized carbons (Fsp3) is 0.647. The molecule has 0 aliphatic heterocycles. The Labute approximate surface area is 125 Å². The highest BCUT2D eigenvalue weighted by molar-refractivity contribution is 5.23. The summed E-state index contributed by atoms with van der Waals surface area (Å²) in [5, 5.41) is 13.3. The highest BCUT2D eigenvalue weighted by atomic mass is 19.1. The molecule has 2 N–H and O–H groups in total. The molecule has 4 heteroatoms. The van der Waals surface area contributed by atoms with Crippen LogP contribution in [0.5, 0.6) is 5.75 Å². The van der Waals surface area contributed by atoms with Crippen LogP contribution in [0.25, 0.3) is 0 Å². The normalized spacial score (nSPS) is 19.8. The quantitative estimate of drug-likeness (QED) is 0.735. The van der Waals surface area contributed by atoms with E-state index in [0.717, 1.165) is 24.3 Å². The SMILES string of the molecule is OC(CNCC(C1CC1)C1CC1)COc1ccccc1F. The molecule has 0 heterocycles. The summed E-state index contributed by atoms with van der Waals surface area (Å²) in [5.41, 5.74) is 0. The third kappa shape index (κ3) is 4.42. The molecule has 2 aliphatic rings. The summed E-state index contributed by atoms with van der Waals surface area (Å²) in [6, 6.07) is 6.27. The first-order valence-corrected chi connectivity index (χ1v) is 8.00. The van der Waals surface area contributed by atoms with Gasteiger partial charge in [-0.2, -0.15) is 0 Å². The maximum Gasteiger partial charge on any atom is 0.165 e. The minimum absolute atomic E-state index is 0.117. The van der Waals surface area contributed by atoms with Gasteiger partial charge in [0.05, 0.1) is 0 Å². The minimum Gasteiger partial charge on any atom is -0.488 e. The van der Waals surface area contributed by atoms with Crippen molar-refractivity contribution in [3.05, 3.63) is 30.1 Å². The Balaban J connectivity index is 1.34. The molecule has 1 aromatic carbocycles. The fourth-order valence-corrected chi connectivity index (χ4v) is 2.99. The van der Waals surface area contributed by atoms with Crippen LogP contribution < -0.4 is 10.1 Å². The van der Waals surface area contributed by atoms with Crippen molar-refractivity contribution in [2.24, 2.45) is 17.8 Å². The van der Waals surface area contributed by atoms with E-state index in [1.807, 2.05) is 0 Å². The largest absolute Gasteiger partial charge is 0.488 e. The van der Waals surface area contributed by atoms with E-state index in [0.29, 0.717) is 6.54 Å². The van der Waals surface area contributed by atoms with E-state index in [9.17, 15) is 9.50 Å². The first kappa shape index (κ1) is 14.8. The molecule has 0 bridgehead atoms. The van der Waals surface area contributed by atoms with Crippen molar-refractivity contribution in [1.82, 2.24) is 5.32 Å². The Hall–Kier alpha value is -1.13. The van der Waals surface area contributed by atoms with Crippen LogP contribution in [0.2, 0.25) is 0 Å². The molecule has 1 unspecified atom stereocenters. The number of hydrogen-bond donors (Lipinski definition) is 2. The molecular formula is C17H24FNO2. The molecule has 0 radical (unpaired) electrons. The van der Waals surface area contributed by atoms with Crippen LogP contribution >= 0.6 is 0 Å². The van der Waals surface area contributed by atoms with Gasteiger partial charge in [0.15, 0.2) is 11.6 Å². The van der Waals surface area contributed by atoms with Gasteiger partial charge in [0.2, 0.25) is 0 Å². The molecule has 0 aromatic heterocycles. The summed E-state index contributed by atoms with van der Waals surface area (Å²) in [4.78, 5) is 0. The number of hydrogen-bond acceptors (Lipinski definition) is 3. The zero-order chi connectivity index (χ0) is 14.7. The average molecular weight is 293 g/mol. The summed E-state index contributed by atoms with van der Waals surface area (Å²) in [5.74, 6) is 2.43. The number of halogens is 1. The van der Waals surface area contributed by atoms with E-state index in [2.05, 4.69) is 5.32 Å². The van der Waals surface area contributed by atoms with Gasteiger partial charge in [-0.15, -0.1) is 0 Å². The van der Waals surface area contributed by atoms with Crippen LogP contribution in [-0.2, 0) is 0 Å². The number of aliphatic hydroxyl groups excluding tert-OH is 1. The highest BCUT2D eigenvalue weighted by Crippen LogP contribution is 2.48. The lowest BCUT2D eigenvalue weighted by molar-refractivity contribution is 0.102. The Morgan fingerprint density at radius 2 is 1.81 bits per heavy atom. The van der Waals surface area contributed by atoms with Crippen molar-refractivity contribution in [3.63, 3.8) is 0 Å². The molecule has 1 atom stereocenters. The molecular weight excluding hydrogens is 269 g/mol. The van der Waals surface area contributed by atoms with Crippen molar-refractivity contribution in [3.8, 4) is 5.75 Å². The van der Waals surface area contributed by atoms with E-state index in [4.69, 9.17) is 4.74 Å². The van der Waals surface area contributed by atoms with Crippen LogP contribution in [0.1, 0.15) is 25.7 Å². The molecule has 3 nitrogen and oxygen atoms in total. The van der Waals surface area contributed by atoms with Gasteiger partial charge < -0.3 is 15.2 Å². The average Bonchev–Trinajstić information content (AvgIpc) is 3.36. The molecule has 21 heavy (non-hydrogen) atoms. The number of aliphatic hydroxyl groups is 1. The van der Waals surface area contributed by atoms with Crippen molar-refractivity contribution < 1.29 is 14.2 Å². The number of rotatable bonds is 9. The molecule has 2 saturated carbocycles. The van der Waals surface area contributed by atoms with Gasteiger partial charge in [0, 0.05) is 6.54 Å². The van der Waals surface area contributed by atoms with Crippen LogP contribution in [-0.4, -0.2) is 30.9 Å². The Morgan fingerprint density at radius 1 is 1.14 bits per heavy atom. The summed E-state index contributed by atoms with van der Waals surface area (Å²) in [6.45, 7) is 1.61. The second-order valence-electron chi connectivity index (χ2n) is 6.39. The molecule has 0 saturated heterocycles. The number of ether oxygens (including phenoxy) is 1. The molecule has 0 spiro atoms. The lowest BCUT2D eigenvalue weighted by Gasteiger charge is -2.18. The fourth-order valence-electron chi connectivity index (χ4n) is 2.99. The molecule has 2 aliphatic carbocycles. The lowest BCUT2D eigenvalue weighted by atomic mass is 9.98. The van der Waals surface area contributed by atoms with Crippen LogP contribution in [0, 0.1) is 23.6 Å². The second kappa shape index (κ2) is 6.75. The minimum atomic E-state index is -0.608. The van der Waals surface area contributed by atoms with Crippen LogP contribution in [0.3, 0.4) is 0 Å². The van der Waals surface area contributed by atoms with E-state index in [1.165, 1.54) is 31.7 Å². The maximum absolute atomic E-state index is 13.4. The van der Waals surface area contributed by atoms with Crippen molar-refractivity contribution in [1.29, 1.82) is 0 Å². The predicted octanol–water partition coefficient (Wildman–Crippen LogP) is 2.59. The zero-order valence-corrected chi connectivity index (χ0v) is 12.3. The Kier molecular flexibility index (Phi) is 4.76. The van der Waals surface area contributed by atoms with Crippen molar-refractivity contribution in [2.75, 3.05) is 19.7 Å². The zero-order valence-electron chi connectivity index (χ0n) is 12.3. The van der Waals surface area contributed by atoms with Crippen LogP contribution in [0.4, 0.5) is 4.39 Å². The third-order valence-corrected chi connectivity index (χ3v) is 4.48. The van der Waals surface area contributed by atoms with Gasteiger partial charge in [0.25, 0.3) is 0 Å². The van der Waals surface area contributed by atoms with Gasteiger partial charge in [-0.1, -0.05) is 12.1 Å². The summed E-state index contributed by atoms with van der Waals surface area (Å²) in [6.07, 6.45) is 4.90. The standard InChI is InChI=1S/C17H24FNO2/c18-16-3-1-2-4-17(16)21-11-14(20)9-19-10-15(12-5-6-12)13-7-8-13/h1-4,12-15,19-20H,5-11H2. The summed E-state index contributed by atoms with van der Waals surface area (Å²) >= 11 is 0. The number of para-hydroxylation sites is 1. The van der Waals surface area contributed by atoms with Gasteiger partial charge >= 0.3 is 0 Å². The molecule has 3 rings (SSSR count).